The third kappa shape index (κ3) is 3.28. The molecule has 4 aromatic rings. The van der Waals surface area contributed by atoms with Crippen LogP contribution in [0.1, 0.15) is 21.5 Å². The van der Waals surface area contributed by atoms with Gasteiger partial charge in [-0.05, 0) is 35.7 Å². The van der Waals surface area contributed by atoms with E-state index in [1.54, 1.807) is 35.7 Å². The summed E-state index contributed by atoms with van der Waals surface area (Å²) in [6, 6.07) is 11.9. The summed E-state index contributed by atoms with van der Waals surface area (Å²) in [5.74, 6) is -4.31. The molecular weight excluding hydrogens is 452 g/mol. The van der Waals surface area contributed by atoms with E-state index >= 15 is 0 Å². The van der Waals surface area contributed by atoms with Crippen molar-refractivity contribution in [2.24, 2.45) is 0 Å². The first-order valence-electron chi connectivity index (χ1n) is 9.77. The number of furan rings is 1. The predicted octanol–water partition coefficient (Wildman–Crippen LogP) is 5.56. The number of fused-ring (bicyclic) bond motifs is 1. The van der Waals surface area contributed by atoms with Crippen molar-refractivity contribution in [3.8, 4) is 5.75 Å². The number of ether oxygens (including phenoxy) is 1. The summed E-state index contributed by atoms with van der Waals surface area (Å²) >= 11 is 1.25. The van der Waals surface area contributed by atoms with Gasteiger partial charge in [0, 0.05) is 22.0 Å². The zero-order valence-corrected chi connectivity index (χ0v) is 17.9. The van der Waals surface area contributed by atoms with Gasteiger partial charge >= 0.3 is 0 Å². The number of anilines is 1. The molecule has 0 radical (unpaired) electrons. The molecule has 1 N–H and O–H groups in total. The highest BCUT2D eigenvalue weighted by atomic mass is 32.1. The zero-order valence-electron chi connectivity index (χ0n) is 17.0. The van der Waals surface area contributed by atoms with Gasteiger partial charge in [-0.25, -0.2) is 8.78 Å². The predicted molar refractivity (Wildman–Crippen MR) is 118 cm³/mol. The van der Waals surface area contributed by atoms with E-state index in [2.05, 4.69) is 0 Å². The minimum absolute atomic E-state index is 0.00192. The number of halogens is 2. The standard InChI is InChI=1S/C24H15F2NO5S/c1-31-16-5-2-4-12-10-17(32-23(12)16)21(28)19-20(18-6-3-9-33-18)27(24(30)22(19)29)13-7-8-14(25)15(26)11-13/h2-11,20,29H,1H3. The van der Waals surface area contributed by atoms with Gasteiger partial charge in [0.2, 0.25) is 5.78 Å². The molecule has 1 aliphatic heterocycles. The number of carbonyl (C=O) groups is 2. The van der Waals surface area contributed by atoms with Crippen molar-refractivity contribution >= 4 is 39.7 Å². The molecular formula is C24H15F2NO5S. The van der Waals surface area contributed by atoms with Gasteiger partial charge < -0.3 is 14.3 Å². The van der Waals surface area contributed by atoms with E-state index < -0.39 is 35.1 Å². The van der Waals surface area contributed by atoms with Gasteiger partial charge in [-0.2, -0.15) is 0 Å². The van der Waals surface area contributed by atoms with Gasteiger partial charge in [0.15, 0.2) is 34.5 Å². The van der Waals surface area contributed by atoms with Crippen LogP contribution in [-0.4, -0.2) is 23.9 Å². The molecule has 0 aliphatic carbocycles. The van der Waals surface area contributed by atoms with Crippen LogP contribution in [0.25, 0.3) is 11.0 Å². The second kappa shape index (κ2) is 7.86. The Labute approximate surface area is 189 Å². The zero-order chi connectivity index (χ0) is 23.3. The van der Waals surface area contributed by atoms with Crippen LogP contribution in [0.3, 0.4) is 0 Å². The molecule has 1 atom stereocenters. The average molecular weight is 467 g/mol. The van der Waals surface area contributed by atoms with Crippen LogP contribution in [0.15, 0.2) is 75.7 Å². The van der Waals surface area contributed by atoms with E-state index in [1.165, 1.54) is 30.6 Å². The summed E-state index contributed by atoms with van der Waals surface area (Å²) in [5.41, 5.74) is 0.126. The number of para-hydroxylation sites is 1. The Balaban J connectivity index is 1.64. The summed E-state index contributed by atoms with van der Waals surface area (Å²) in [6.07, 6.45) is 0. The maximum atomic E-state index is 14.0. The van der Waals surface area contributed by atoms with Crippen molar-refractivity contribution in [1.82, 2.24) is 0 Å². The van der Waals surface area contributed by atoms with Crippen molar-refractivity contribution < 1.29 is 32.6 Å². The van der Waals surface area contributed by atoms with Crippen LogP contribution in [0.4, 0.5) is 14.5 Å². The Bertz CT molecular complexity index is 1440. The van der Waals surface area contributed by atoms with Crippen molar-refractivity contribution in [1.29, 1.82) is 0 Å². The van der Waals surface area contributed by atoms with Crippen LogP contribution in [0, 0.1) is 11.6 Å². The highest BCUT2D eigenvalue weighted by molar-refractivity contribution is 7.10. The molecule has 2 aromatic heterocycles. The smallest absolute Gasteiger partial charge is 0.294 e. The molecule has 6 nitrogen and oxygen atoms in total. The lowest BCUT2D eigenvalue weighted by Crippen LogP contribution is -2.30. The topological polar surface area (TPSA) is 80.0 Å². The third-order valence-electron chi connectivity index (χ3n) is 5.40. The van der Waals surface area contributed by atoms with Gasteiger partial charge in [0.05, 0.1) is 12.7 Å². The van der Waals surface area contributed by atoms with Gasteiger partial charge in [0.25, 0.3) is 5.91 Å². The molecule has 9 heteroatoms. The Morgan fingerprint density at radius 3 is 2.64 bits per heavy atom. The van der Waals surface area contributed by atoms with Crippen molar-refractivity contribution in [2.45, 2.75) is 6.04 Å². The summed E-state index contributed by atoms with van der Waals surface area (Å²) in [6.45, 7) is 0. The Morgan fingerprint density at radius 1 is 1.12 bits per heavy atom. The molecule has 0 fully saturated rings. The first kappa shape index (κ1) is 20.9. The molecule has 1 aliphatic rings. The van der Waals surface area contributed by atoms with Gasteiger partial charge in [-0.15, -0.1) is 11.3 Å². The number of ketones is 1. The van der Waals surface area contributed by atoms with E-state index in [-0.39, 0.29) is 17.0 Å². The molecule has 0 spiro atoms. The quantitative estimate of drug-likeness (QED) is 0.389. The summed E-state index contributed by atoms with van der Waals surface area (Å²) < 4.78 is 38.5. The fourth-order valence-electron chi connectivity index (χ4n) is 3.90. The second-order valence-electron chi connectivity index (χ2n) is 7.27. The average Bonchev–Trinajstić information content (AvgIpc) is 3.54. The van der Waals surface area contributed by atoms with E-state index in [0.29, 0.717) is 21.6 Å². The minimum Gasteiger partial charge on any atom is -0.503 e. The molecule has 5 rings (SSSR count). The normalized spacial score (nSPS) is 16.2. The molecule has 3 heterocycles. The summed E-state index contributed by atoms with van der Waals surface area (Å²) in [5, 5.41) is 13.1. The summed E-state index contributed by atoms with van der Waals surface area (Å²) in [4.78, 5) is 28.2. The number of Topliss-reactive ketones (excluding diaryl/α,β-unsaturated/α-hetero) is 1. The highest BCUT2D eigenvalue weighted by Gasteiger charge is 2.46. The van der Waals surface area contributed by atoms with Crippen LogP contribution in [-0.2, 0) is 4.79 Å². The number of rotatable bonds is 5. The van der Waals surface area contributed by atoms with Crippen molar-refractivity contribution in [3.63, 3.8) is 0 Å². The number of nitrogens with zero attached hydrogens (tertiary/aromatic N) is 1. The number of benzene rings is 2. The largest absolute Gasteiger partial charge is 0.503 e. The second-order valence-corrected chi connectivity index (χ2v) is 8.25. The molecule has 0 saturated heterocycles. The number of thiophene rings is 1. The molecule has 0 bridgehead atoms. The molecule has 1 unspecified atom stereocenters. The lowest BCUT2D eigenvalue weighted by atomic mass is 10.00. The number of hydrogen-bond acceptors (Lipinski definition) is 6. The van der Waals surface area contributed by atoms with E-state index in [4.69, 9.17) is 9.15 Å². The van der Waals surface area contributed by atoms with Gasteiger partial charge in [0.1, 0.15) is 6.04 Å². The van der Waals surface area contributed by atoms with Crippen molar-refractivity contribution in [2.75, 3.05) is 12.0 Å². The summed E-state index contributed by atoms with van der Waals surface area (Å²) in [7, 11) is 1.47. The van der Waals surface area contributed by atoms with Crippen LogP contribution in [0.5, 0.6) is 5.75 Å². The number of amides is 1. The SMILES string of the molecule is COc1cccc2cc(C(=O)C3=C(O)C(=O)N(c4ccc(F)c(F)c4)C3c3cccs3)oc12. The third-order valence-corrected chi connectivity index (χ3v) is 6.32. The maximum absolute atomic E-state index is 14.0. The highest BCUT2D eigenvalue weighted by Crippen LogP contribution is 2.44. The Morgan fingerprint density at radius 2 is 1.94 bits per heavy atom. The number of aliphatic hydroxyl groups excluding tert-OH is 1. The molecule has 0 saturated carbocycles. The number of hydrogen-bond donors (Lipinski definition) is 1. The lowest BCUT2D eigenvalue weighted by Gasteiger charge is -2.25. The van der Waals surface area contributed by atoms with Gasteiger partial charge in [-0.3, -0.25) is 14.5 Å². The molecule has 2 aromatic carbocycles. The Hall–Kier alpha value is -3.98. The van der Waals surface area contributed by atoms with Crippen LogP contribution < -0.4 is 9.64 Å². The Kier molecular flexibility index (Phi) is 4.98. The monoisotopic (exact) mass is 467 g/mol. The first-order valence-corrected chi connectivity index (χ1v) is 10.6. The van der Waals surface area contributed by atoms with Crippen LogP contribution >= 0.6 is 11.3 Å². The fourth-order valence-corrected chi connectivity index (χ4v) is 4.72. The van der Waals surface area contributed by atoms with Gasteiger partial charge in [-0.1, -0.05) is 18.2 Å². The van der Waals surface area contributed by atoms with Crippen molar-refractivity contribution in [3.05, 3.63) is 93.6 Å². The fraction of sp³-hybridized carbons (Fsp3) is 0.0833. The first-order chi connectivity index (χ1) is 15.9. The molecule has 1 amide bonds. The molecule has 166 valence electrons. The maximum Gasteiger partial charge on any atom is 0.294 e. The van der Waals surface area contributed by atoms with E-state index in [0.717, 1.165) is 17.0 Å². The molecule has 33 heavy (non-hydrogen) atoms. The number of methoxy groups -OCH3 is 1. The lowest BCUT2D eigenvalue weighted by molar-refractivity contribution is -0.117. The van der Waals surface area contributed by atoms with E-state index in [1.807, 2.05) is 0 Å². The number of carbonyl (C=O) groups excluding carboxylic acids is 2. The van der Waals surface area contributed by atoms with E-state index in [9.17, 15) is 23.5 Å². The minimum atomic E-state index is -1.16. The number of aliphatic hydroxyl groups is 1. The van der Waals surface area contributed by atoms with Crippen LogP contribution in [0.2, 0.25) is 0 Å².